The van der Waals surface area contributed by atoms with Gasteiger partial charge in [0.2, 0.25) is 11.0 Å². The van der Waals surface area contributed by atoms with Crippen molar-refractivity contribution in [3.05, 3.63) is 47.7 Å². The molecule has 2 aromatic carbocycles. The number of anilines is 1. The quantitative estimate of drug-likeness (QED) is 0.459. The van der Waals surface area contributed by atoms with Crippen molar-refractivity contribution in [2.45, 2.75) is 12.3 Å². The number of hydrogen-bond donors (Lipinski definition) is 1. The van der Waals surface area contributed by atoms with Gasteiger partial charge in [0.25, 0.3) is 0 Å². The van der Waals surface area contributed by atoms with E-state index in [1.54, 1.807) is 45.4 Å². The molecule has 1 amide bonds. The van der Waals surface area contributed by atoms with Gasteiger partial charge in [-0.25, -0.2) is 4.98 Å². The van der Waals surface area contributed by atoms with E-state index >= 15 is 0 Å². The molecular weight excluding hydrogens is 444 g/mol. The SMILES string of the molecule is COc1ccc2nc(-n3ncc4c3NC(=O)C[C@@H]4c3cc(OC)c(OC)cc3OC)sc2c1. The monoisotopic (exact) mass is 466 g/mol. The third-order valence-corrected chi connectivity index (χ3v) is 6.69. The predicted molar refractivity (Wildman–Crippen MR) is 124 cm³/mol. The molecule has 9 nitrogen and oxygen atoms in total. The van der Waals surface area contributed by atoms with E-state index in [0.29, 0.717) is 28.2 Å². The molecule has 4 aromatic rings. The van der Waals surface area contributed by atoms with Crippen LogP contribution in [0.2, 0.25) is 0 Å². The van der Waals surface area contributed by atoms with Gasteiger partial charge >= 0.3 is 0 Å². The molecule has 0 saturated heterocycles. The number of benzene rings is 2. The fraction of sp³-hybridized carbons (Fsp3) is 0.261. The van der Waals surface area contributed by atoms with Crippen LogP contribution in [0.25, 0.3) is 15.3 Å². The van der Waals surface area contributed by atoms with Gasteiger partial charge in [-0.15, -0.1) is 0 Å². The van der Waals surface area contributed by atoms with Crippen LogP contribution in [-0.2, 0) is 4.79 Å². The summed E-state index contributed by atoms with van der Waals surface area (Å²) in [6.45, 7) is 0. The number of amides is 1. The third-order valence-electron chi connectivity index (χ3n) is 5.70. The minimum atomic E-state index is -0.272. The van der Waals surface area contributed by atoms with E-state index in [-0.39, 0.29) is 18.2 Å². The van der Waals surface area contributed by atoms with E-state index in [2.05, 4.69) is 10.4 Å². The summed E-state index contributed by atoms with van der Waals surface area (Å²) in [6.07, 6.45) is 2.02. The van der Waals surface area contributed by atoms with Crippen LogP contribution >= 0.6 is 11.3 Å². The van der Waals surface area contributed by atoms with Gasteiger partial charge < -0.3 is 24.3 Å². The summed E-state index contributed by atoms with van der Waals surface area (Å²) in [5, 5.41) is 8.19. The first-order valence-corrected chi connectivity index (χ1v) is 11.0. The fourth-order valence-electron chi connectivity index (χ4n) is 4.08. The predicted octanol–water partition coefficient (Wildman–Crippen LogP) is 3.99. The Labute approximate surface area is 193 Å². The highest BCUT2D eigenvalue weighted by atomic mass is 32.1. The molecule has 0 bridgehead atoms. The molecule has 0 spiro atoms. The Balaban J connectivity index is 1.62. The molecule has 2 aromatic heterocycles. The second-order valence-corrected chi connectivity index (χ2v) is 8.45. The number of carbonyl (C=O) groups excluding carboxylic acids is 1. The maximum Gasteiger partial charge on any atom is 0.226 e. The Bertz CT molecular complexity index is 1360. The largest absolute Gasteiger partial charge is 0.497 e. The van der Waals surface area contributed by atoms with Crippen LogP contribution < -0.4 is 24.3 Å². The molecule has 1 aliphatic heterocycles. The molecule has 1 atom stereocenters. The first-order valence-electron chi connectivity index (χ1n) is 10.2. The normalized spacial score (nSPS) is 15.2. The summed E-state index contributed by atoms with van der Waals surface area (Å²) >= 11 is 1.47. The Morgan fingerprint density at radius 3 is 2.45 bits per heavy atom. The van der Waals surface area contributed by atoms with Crippen LogP contribution in [0.15, 0.2) is 36.5 Å². The molecule has 0 aliphatic carbocycles. The first-order chi connectivity index (χ1) is 16.1. The molecule has 0 saturated carbocycles. The standard InChI is InChI=1S/C23H22N4O5S/c1-29-12-5-6-16-20(7-12)33-23(25-16)27-22-15(11-24-27)13(9-21(28)26-22)14-8-18(31-3)19(32-4)10-17(14)30-2/h5-8,10-11,13H,9H2,1-4H3,(H,26,28)/t13-/m1/s1. The number of thiazole rings is 1. The lowest BCUT2D eigenvalue weighted by molar-refractivity contribution is -0.116. The highest BCUT2D eigenvalue weighted by Crippen LogP contribution is 2.45. The zero-order valence-electron chi connectivity index (χ0n) is 18.5. The molecule has 0 fully saturated rings. The van der Waals surface area contributed by atoms with E-state index in [1.807, 2.05) is 24.3 Å². The number of aromatic nitrogens is 3. The highest BCUT2D eigenvalue weighted by molar-refractivity contribution is 7.20. The van der Waals surface area contributed by atoms with Gasteiger partial charge in [0.1, 0.15) is 17.3 Å². The molecule has 1 N–H and O–H groups in total. The van der Waals surface area contributed by atoms with Crippen LogP contribution in [0.3, 0.4) is 0 Å². The molecule has 0 radical (unpaired) electrons. The van der Waals surface area contributed by atoms with Crippen LogP contribution in [0, 0.1) is 0 Å². The van der Waals surface area contributed by atoms with Gasteiger partial charge in [-0.05, 0) is 24.3 Å². The minimum Gasteiger partial charge on any atom is -0.497 e. The average Bonchev–Trinajstić information content (AvgIpc) is 3.45. The van der Waals surface area contributed by atoms with Crippen molar-refractivity contribution in [1.29, 1.82) is 0 Å². The molecule has 170 valence electrons. The van der Waals surface area contributed by atoms with Crippen LogP contribution in [-0.4, -0.2) is 49.1 Å². The summed E-state index contributed by atoms with van der Waals surface area (Å²) in [5.74, 6) is 2.69. The van der Waals surface area contributed by atoms with Gasteiger partial charge in [-0.3, -0.25) is 4.79 Å². The van der Waals surface area contributed by atoms with E-state index < -0.39 is 0 Å². The van der Waals surface area contributed by atoms with Crippen molar-refractivity contribution in [3.63, 3.8) is 0 Å². The number of fused-ring (bicyclic) bond motifs is 2. The zero-order chi connectivity index (χ0) is 23.1. The Kier molecular flexibility index (Phi) is 5.29. The Morgan fingerprint density at radius 1 is 0.970 bits per heavy atom. The van der Waals surface area contributed by atoms with Crippen molar-refractivity contribution in [1.82, 2.24) is 14.8 Å². The Hall–Kier alpha value is -3.79. The topological polar surface area (TPSA) is 96.7 Å². The lowest BCUT2D eigenvalue weighted by Crippen LogP contribution is -2.25. The summed E-state index contributed by atoms with van der Waals surface area (Å²) in [6, 6.07) is 9.32. The van der Waals surface area contributed by atoms with Crippen molar-refractivity contribution in [2.75, 3.05) is 33.8 Å². The first kappa shape index (κ1) is 21.1. The zero-order valence-corrected chi connectivity index (χ0v) is 19.4. The summed E-state index contributed by atoms with van der Waals surface area (Å²) in [5.41, 5.74) is 2.53. The van der Waals surface area contributed by atoms with Crippen LogP contribution in [0.5, 0.6) is 23.0 Å². The lowest BCUT2D eigenvalue weighted by Gasteiger charge is -2.25. The van der Waals surface area contributed by atoms with E-state index in [9.17, 15) is 4.79 Å². The van der Waals surface area contributed by atoms with Crippen molar-refractivity contribution in [3.8, 4) is 28.1 Å². The van der Waals surface area contributed by atoms with Crippen molar-refractivity contribution >= 4 is 33.3 Å². The summed E-state index contributed by atoms with van der Waals surface area (Å²) in [7, 11) is 6.37. The molecule has 5 rings (SSSR count). The minimum absolute atomic E-state index is 0.117. The maximum atomic E-state index is 12.7. The average molecular weight is 467 g/mol. The van der Waals surface area contributed by atoms with Crippen LogP contribution in [0.1, 0.15) is 23.5 Å². The molecule has 1 aliphatic rings. The van der Waals surface area contributed by atoms with Gasteiger partial charge in [0.05, 0.1) is 44.9 Å². The molecule has 33 heavy (non-hydrogen) atoms. The Morgan fingerprint density at radius 2 is 1.73 bits per heavy atom. The fourth-order valence-corrected chi connectivity index (χ4v) is 5.04. The van der Waals surface area contributed by atoms with E-state index in [1.165, 1.54) is 11.3 Å². The number of nitrogens with one attached hydrogen (secondary N) is 1. The molecule has 10 heteroatoms. The van der Waals surface area contributed by atoms with Crippen molar-refractivity contribution in [2.24, 2.45) is 0 Å². The highest BCUT2D eigenvalue weighted by Gasteiger charge is 2.33. The number of hydrogen-bond acceptors (Lipinski definition) is 8. The molecule has 3 heterocycles. The maximum absolute atomic E-state index is 12.7. The third kappa shape index (κ3) is 3.52. The molecular formula is C23H22N4O5S. The second-order valence-electron chi connectivity index (χ2n) is 7.44. The van der Waals surface area contributed by atoms with E-state index in [0.717, 1.165) is 27.1 Å². The van der Waals surface area contributed by atoms with Crippen molar-refractivity contribution < 1.29 is 23.7 Å². The smallest absolute Gasteiger partial charge is 0.226 e. The van der Waals surface area contributed by atoms with Gasteiger partial charge in [0, 0.05) is 29.5 Å². The number of carbonyl (C=O) groups is 1. The number of methoxy groups -OCH3 is 4. The van der Waals surface area contributed by atoms with Crippen LogP contribution in [0.4, 0.5) is 5.82 Å². The van der Waals surface area contributed by atoms with Gasteiger partial charge in [-0.2, -0.15) is 9.78 Å². The number of rotatable bonds is 6. The number of nitrogens with zero attached hydrogens (tertiary/aromatic N) is 3. The number of ether oxygens (including phenoxy) is 4. The van der Waals surface area contributed by atoms with Gasteiger partial charge in [-0.1, -0.05) is 11.3 Å². The summed E-state index contributed by atoms with van der Waals surface area (Å²) in [4.78, 5) is 17.4. The van der Waals surface area contributed by atoms with Gasteiger partial charge in [0.15, 0.2) is 11.5 Å². The van der Waals surface area contributed by atoms with E-state index in [4.69, 9.17) is 23.9 Å². The second kappa shape index (κ2) is 8.28. The molecule has 0 unspecified atom stereocenters. The summed E-state index contributed by atoms with van der Waals surface area (Å²) < 4.78 is 24.5. The lowest BCUT2D eigenvalue weighted by atomic mass is 9.86.